The van der Waals surface area contributed by atoms with Gasteiger partial charge in [0, 0.05) is 0 Å². The summed E-state index contributed by atoms with van der Waals surface area (Å²) in [5, 5.41) is 10.4. The first kappa shape index (κ1) is 20.0. The first-order valence-electron chi connectivity index (χ1n) is 4.56. The zero-order valence-corrected chi connectivity index (χ0v) is 13.4. The quantitative estimate of drug-likeness (QED) is 0.406. The number of carboxylic acid groups (broad SMARTS) is 1. The van der Waals surface area contributed by atoms with Crippen molar-refractivity contribution >= 4 is 22.2 Å². The fraction of sp³-hybridized carbons (Fsp3) is 0.750. The molecular weight excluding hydrogens is 277 g/mol. The number of hydrogen-bond donors (Lipinski definition) is 2. The van der Waals surface area contributed by atoms with Crippen molar-refractivity contribution in [2.45, 2.75) is 32.4 Å². The van der Waals surface area contributed by atoms with Gasteiger partial charge in [0.05, 0.1) is 15.9 Å². The smallest absolute Gasteiger partial charge is 0.748 e. The number of carbonyl (C=O) groups excluding carboxylic acids is 1. The van der Waals surface area contributed by atoms with E-state index >= 15 is 0 Å². The van der Waals surface area contributed by atoms with Crippen LogP contribution in [0.25, 0.3) is 0 Å². The van der Waals surface area contributed by atoms with Gasteiger partial charge in [0.15, 0.2) is 0 Å². The van der Waals surface area contributed by atoms with E-state index in [2.05, 4.69) is 0 Å². The minimum atomic E-state index is -4.76. The molecule has 0 spiro atoms. The Morgan fingerprint density at radius 2 is 1.83 bits per heavy atom. The van der Waals surface area contributed by atoms with Crippen molar-refractivity contribution < 1.29 is 62.0 Å². The normalized spacial score (nSPS) is 13.1. The van der Waals surface area contributed by atoms with Crippen LogP contribution in [-0.2, 0) is 19.6 Å². The molecule has 0 aromatic heterocycles. The van der Waals surface area contributed by atoms with E-state index in [0.717, 1.165) is 0 Å². The Kier molecular flexibility index (Phi) is 8.09. The monoisotopic (exact) mass is 291 g/mol. The van der Waals surface area contributed by atoms with Gasteiger partial charge < -0.3 is 19.7 Å². The number of aliphatic carboxylic acids is 1. The van der Waals surface area contributed by atoms with Crippen molar-refractivity contribution in [1.82, 2.24) is 5.32 Å². The summed E-state index contributed by atoms with van der Waals surface area (Å²) in [5.74, 6) is -2.86. The van der Waals surface area contributed by atoms with E-state index in [0.29, 0.717) is 0 Å². The van der Waals surface area contributed by atoms with Crippen LogP contribution < -0.4 is 34.9 Å². The Balaban J connectivity index is 0. The average molecular weight is 291 g/mol. The predicted octanol–water partition coefficient (Wildman–Crippen LogP) is -3.49. The SMILES string of the molecule is CC(C)(C)OC(=O)NC(CS(=O)(=O)[O-])C(=O)O.[Na+]. The number of nitrogens with one attached hydrogen (secondary N) is 1. The summed E-state index contributed by atoms with van der Waals surface area (Å²) < 4.78 is 35.9. The number of carboxylic acids is 1. The first-order chi connectivity index (χ1) is 7.41. The molecule has 8 nitrogen and oxygen atoms in total. The number of carbonyl (C=O) groups is 2. The van der Waals surface area contributed by atoms with Crippen LogP contribution in [-0.4, -0.2) is 47.5 Å². The van der Waals surface area contributed by atoms with Crippen molar-refractivity contribution in [3.63, 3.8) is 0 Å². The largest absolute Gasteiger partial charge is 1.00 e. The van der Waals surface area contributed by atoms with Crippen LogP contribution in [0.3, 0.4) is 0 Å². The molecule has 0 fully saturated rings. The maximum atomic E-state index is 11.2. The molecule has 0 saturated carbocycles. The van der Waals surface area contributed by atoms with E-state index in [1.54, 1.807) is 26.1 Å². The van der Waals surface area contributed by atoms with E-state index in [9.17, 15) is 22.6 Å². The molecule has 0 aliphatic carbocycles. The molecule has 0 aliphatic rings. The van der Waals surface area contributed by atoms with Crippen molar-refractivity contribution in [2.24, 2.45) is 0 Å². The second-order valence-electron chi connectivity index (χ2n) is 4.26. The third-order valence-electron chi connectivity index (χ3n) is 1.36. The summed E-state index contributed by atoms with van der Waals surface area (Å²) in [6.07, 6.45) is -1.10. The molecule has 0 radical (unpaired) electrons. The number of rotatable bonds is 4. The van der Waals surface area contributed by atoms with Gasteiger partial charge in [-0.2, -0.15) is 0 Å². The molecule has 0 aliphatic heterocycles. The van der Waals surface area contributed by atoms with Crippen molar-refractivity contribution in [3.05, 3.63) is 0 Å². The van der Waals surface area contributed by atoms with Gasteiger partial charge in [0.25, 0.3) is 0 Å². The maximum Gasteiger partial charge on any atom is 1.00 e. The van der Waals surface area contributed by atoms with E-state index < -0.39 is 39.6 Å². The summed E-state index contributed by atoms with van der Waals surface area (Å²) in [6, 6.07) is -1.83. The van der Waals surface area contributed by atoms with Crippen LogP contribution in [0.4, 0.5) is 4.79 Å². The van der Waals surface area contributed by atoms with Crippen LogP contribution in [0.2, 0.25) is 0 Å². The molecule has 0 aromatic carbocycles. The summed E-state index contributed by atoms with van der Waals surface area (Å²) in [4.78, 5) is 21.8. The molecule has 0 heterocycles. The Hall–Kier alpha value is -0.350. The summed E-state index contributed by atoms with van der Waals surface area (Å²) >= 11 is 0. The van der Waals surface area contributed by atoms with Gasteiger partial charge in [-0.1, -0.05) is 0 Å². The zero-order valence-electron chi connectivity index (χ0n) is 10.6. The molecule has 10 heteroatoms. The maximum absolute atomic E-state index is 11.2. The fourth-order valence-electron chi connectivity index (χ4n) is 0.829. The molecule has 1 unspecified atom stereocenters. The zero-order chi connectivity index (χ0) is 13.9. The molecule has 2 N–H and O–H groups in total. The minimum Gasteiger partial charge on any atom is -0.748 e. The van der Waals surface area contributed by atoms with E-state index in [-0.39, 0.29) is 29.6 Å². The third kappa shape index (κ3) is 10.8. The molecular formula is C8H14NNaO7S. The molecule has 1 amide bonds. The van der Waals surface area contributed by atoms with E-state index in [4.69, 9.17) is 9.84 Å². The average Bonchev–Trinajstić information content (AvgIpc) is 1.95. The van der Waals surface area contributed by atoms with Crippen LogP contribution in [0.5, 0.6) is 0 Å². The minimum absolute atomic E-state index is 0. The Morgan fingerprint density at radius 3 is 2.11 bits per heavy atom. The molecule has 0 aromatic rings. The van der Waals surface area contributed by atoms with Gasteiger partial charge in [-0.25, -0.2) is 18.0 Å². The second kappa shape index (κ2) is 7.29. The Morgan fingerprint density at radius 1 is 1.39 bits per heavy atom. The van der Waals surface area contributed by atoms with Crippen LogP contribution in [0.15, 0.2) is 0 Å². The molecule has 100 valence electrons. The van der Waals surface area contributed by atoms with E-state index in [1.807, 2.05) is 0 Å². The molecule has 0 rings (SSSR count). The van der Waals surface area contributed by atoms with Crippen LogP contribution in [0.1, 0.15) is 20.8 Å². The summed E-state index contributed by atoms with van der Waals surface area (Å²) in [7, 11) is -4.76. The van der Waals surface area contributed by atoms with E-state index in [1.165, 1.54) is 0 Å². The van der Waals surface area contributed by atoms with Gasteiger partial charge in [-0.05, 0) is 20.8 Å². The van der Waals surface area contributed by atoms with Crippen molar-refractivity contribution in [3.8, 4) is 0 Å². The van der Waals surface area contributed by atoms with Crippen LogP contribution in [0, 0.1) is 0 Å². The van der Waals surface area contributed by atoms with Gasteiger partial charge in [-0.15, -0.1) is 0 Å². The Labute approximate surface area is 127 Å². The molecule has 18 heavy (non-hydrogen) atoms. The first-order valence-corrected chi connectivity index (χ1v) is 6.14. The topological polar surface area (TPSA) is 133 Å². The molecule has 1 atom stereocenters. The van der Waals surface area contributed by atoms with Gasteiger partial charge in [0.2, 0.25) is 0 Å². The number of hydrogen-bond acceptors (Lipinski definition) is 6. The Bertz CT molecular complexity index is 400. The van der Waals surface area contributed by atoms with Crippen LogP contribution >= 0.6 is 0 Å². The van der Waals surface area contributed by atoms with Gasteiger partial charge in [-0.3, -0.25) is 0 Å². The predicted molar refractivity (Wildman–Crippen MR) is 55.4 cm³/mol. The third-order valence-corrected chi connectivity index (χ3v) is 2.10. The summed E-state index contributed by atoms with van der Waals surface area (Å²) in [6.45, 7) is 4.64. The fourth-order valence-corrected chi connectivity index (χ4v) is 1.46. The molecule has 0 saturated heterocycles. The standard InChI is InChI=1S/C8H15NO7S.Na/c1-8(2,3)16-7(12)9-5(6(10)11)4-17(13,14)15;/h5H,4H2,1-3H3,(H,9,12)(H,10,11)(H,13,14,15);/q;+1/p-1. The van der Waals surface area contributed by atoms with Crippen molar-refractivity contribution in [1.29, 1.82) is 0 Å². The van der Waals surface area contributed by atoms with Crippen molar-refractivity contribution in [2.75, 3.05) is 5.75 Å². The van der Waals surface area contributed by atoms with Gasteiger partial charge in [0.1, 0.15) is 11.6 Å². The summed E-state index contributed by atoms with van der Waals surface area (Å²) in [5.41, 5.74) is -0.858. The second-order valence-corrected chi connectivity index (χ2v) is 5.71. The van der Waals surface area contributed by atoms with Gasteiger partial charge >= 0.3 is 41.6 Å². The number of amides is 1. The number of alkyl carbamates (subject to hydrolysis) is 1. The number of ether oxygens (including phenoxy) is 1. The molecule has 0 bridgehead atoms.